The first-order valence-corrected chi connectivity index (χ1v) is 8.15. The maximum Gasteiger partial charge on any atom is 0.134 e. The van der Waals surface area contributed by atoms with Gasteiger partial charge >= 0.3 is 0 Å². The van der Waals surface area contributed by atoms with Crippen LogP contribution in [0.15, 0.2) is 46.9 Å². The number of pyridine rings is 1. The Balaban J connectivity index is 2.14. The van der Waals surface area contributed by atoms with Gasteiger partial charge in [0.15, 0.2) is 0 Å². The van der Waals surface area contributed by atoms with E-state index in [-0.39, 0.29) is 0 Å². The molecular weight excluding hydrogens is 392 g/mol. The molecular formula is C16H9BrCl3N. The Morgan fingerprint density at radius 1 is 0.952 bits per heavy atom. The van der Waals surface area contributed by atoms with E-state index in [1.165, 1.54) is 0 Å². The zero-order chi connectivity index (χ0) is 15.0. The molecule has 0 unspecified atom stereocenters. The van der Waals surface area contributed by atoms with Crippen molar-refractivity contribution < 1.29 is 0 Å². The van der Waals surface area contributed by atoms with Crippen molar-refractivity contribution in [3.63, 3.8) is 0 Å². The standard InChI is InChI=1S/C16H9BrCl3N/c17-12-2-1-3-13-14(12)15(19)11(16(20)21-13)8-9-4-6-10(18)7-5-9/h1-7H,8H2. The molecule has 106 valence electrons. The van der Waals surface area contributed by atoms with Crippen molar-refractivity contribution >= 4 is 61.6 Å². The van der Waals surface area contributed by atoms with Gasteiger partial charge in [-0.15, -0.1) is 0 Å². The summed E-state index contributed by atoms with van der Waals surface area (Å²) in [5, 5.41) is 2.65. The number of nitrogens with zero attached hydrogens (tertiary/aromatic N) is 1. The third kappa shape index (κ3) is 3.04. The highest BCUT2D eigenvalue weighted by Crippen LogP contribution is 2.36. The minimum Gasteiger partial charge on any atom is -0.236 e. The van der Waals surface area contributed by atoms with Crippen molar-refractivity contribution in [3.8, 4) is 0 Å². The summed E-state index contributed by atoms with van der Waals surface area (Å²) in [6, 6.07) is 13.4. The average molecular weight is 402 g/mol. The number of hydrogen-bond donors (Lipinski definition) is 0. The summed E-state index contributed by atoms with van der Waals surface area (Å²) in [5.74, 6) is 0. The van der Waals surface area contributed by atoms with Gasteiger partial charge in [0.25, 0.3) is 0 Å². The zero-order valence-corrected chi connectivity index (χ0v) is 14.6. The van der Waals surface area contributed by atoms with Crippen LogP contribution in [0.25, 0.3) is 10.9 Å². The largest absolute Gasteiger partial charge is 0.236 e. The molecule has 1 nitrogen and oxygen atoms in total. The molecule has 0 atom stereocenters. The van der Waals surface area contributed by atoms with Crippen molar-refractivity contribution in [1.29, 1.82) is 0 Å². The fraction of sp³-hybridized carbons (Fsp3) is 0.0625. The number of aromatic nitrogens is 1. The van der Waals surface area contributed by atoms with Crippen molar-refractivity contribution in [3.05, 3.63) is 73.3 Å². The van der Waals surface area contributed by atoms with Gasteiger partial charge in [0.1, 0.15) is 5.15 Å². The predicted molar refractivity (Wildman–Crippen MR) is 93.7 cm³/mol. The highest BCUT2D eigenvalue weighted by Gasteiger charge is 2.14. The first-order chi connectivity index (χ1) is 10.1. The number of rotatable bonds is 2. The van der Waals surface area contributed by atoms with Gasteiger partial charge in [0, 0.05) is 26.9 Å². The zero-order valence-electron chi connectivity index (χ0n) is 10.7. The summed E-state index contributed by atoms with van der Waals surface area (Å²) in [6.07, 6.45) is 0.610. The Morgan fingerprint density at radius 2 is 1.67 bits per heavy atom. The van der Waals surface area contributed by atoms with Crippen molar-refractivity contribution in [1.82, 2.24) is 4.98 Å². The third-order valence-corrected chi connectivity index (χ3v) is 4.88. The molecule has 3 aromatic rings. The van der Waals surface area contributed by atoms with Crippen LogP contribution in [0.4, 0.5) is 0 Å². The molecule has 2 aromatic carbocycles. The van der Waals surface area contributed by atoms with Crippen LogP contribution in [0.3, 0.4) is 0 Å². The van der Waals surface area contributed by atoms with Crippen molar-refractivity contribution in [2.75, 3.05) is 0 Å². The summed E-state index contributed by atoms with van der Waals surface area (Å²) in [6.45, 7) is 0. The summed E-state index contributed by atoms with van der Waals surface area (Å²) in [4.78, 5) is 4.44. The molecule has 0 N–H and O–H groups in total. The summed E-state index contributed by atoms with van der Waals surface area (Å²) < 4.78 is 0.909. The molecule has 0 aliphatic rings. The molecule has 0 amide bonds. The third-order valence-electron chi connectivity index (χ3n) is 3.24. The van der Waals surface area contributed by atoms with Gasteiger partial charge in [-0.2, -0.15) is 0 Å². The maximum atomic E-state index is 6.55. The molecule has 5 heteroatoms. The minimum absolute atomic E-state index is 0.431. The summed E-state index contributed by atoms with van der Waals surface area (Å²) in [5.41, 5.74) is 2.68. The molecule has 3 rings (SSSR count). The maximum absolute atomic E-state index is 6.55. The minimum atomic E-state index is 0.431. The summed E-state index contributed by atoms with van der Waals surface area (Å²) >= 11 is 22.3. The van der Waals surface area contributed by atoms with E-state index in [2.05, 4.69) is 20.9 Å². The number of halogens is 4. The predicted octanol–water partition coefficient (Wildman–Crippen LogP) is 6.55. The molecule has 1 aromatic heterocycles. The normalized spacial score (nSPS) is 11.0. The highest BCUT2D eigenvalue weighted by molar-refractivity contribution is 9.10. The fourth-order valence-electron chi connectivity index (χ4n) is 2.19. The number of hydrogen-bond acceptors (Lipinski definition) is 1. The molecule has 0 spiro atoms. The second-order valence-corrected chi connectivity index (χ2v) is 6.66. The van der Waals surface area contributed by atoms with Crippen LogP contribution in [0.1, 0.15) is 11.1 Å². The Morgan fingerprint density at radius 3 is 2.38 bits per heavy atom. The van der Waals surface area contributed by atoms with Crippen LogP contribution >= 0.6 is 50.7 Å². The molecule has 0 aliphatic heterocycles. The van der Waals surface area contributed by atoms with E-state index in [0.29, 0.717) is 21.6 Å². The topological polar surface area (TPSA) is 12.9 Å². The van der Waals surface area contributed by atoms with Crippen LogP contribution in [-0.2, 0) is 6.42 Å². The monoisotopic (exact) mass is 399 g/mol. The lowest BCUT2D eigenvalue weighted by Crippen LogP contribution is -1.95. The summed E-state index contributed by atoms with van der Waals surface area (Å²) in [7, 11) is 0. The second-order valence-electron chi connectivity index (χ2n) is 4.63. The first-order valence-electron chi connectivity index (χ1n) is 6.23. The van der Waals surface area contributed by atoms with E-state index in [1.807, 2.05) is 42.5 Å². The lowest BCUT2D eigenvalue weighted by Gasteiger charge is -2.11. The molecule has 0 radical (unpaired) electrons. The van der Waals surface area contributed by atoms with Gasteiger partial charge in [-0.25, -0.2) is 4.98 Å². The van der Waals surface area contributed by atoms with Gasteiger partial charge in [-0.1, -0.05) is 68.9 Å². The SMILES string of the molecule is Clc1ccc(Cc2c(Cl)nc3cccc(Br)c3c2Cl)cc1. The lowest BCUT2D eigenvalue weighted by molar-refractivity contribution is 1.17. The Labute approximate surface area is 146 Å². The second kappa shape index (κ2) is 6.13. The Kier molecular flexibility index (Phi) is 4.41. The number of fused-ring (bicyclic) bond motifs is 1. The van der Waals surface area contributed by atoms with Crippen molar-refractivity contribution in [2.24, 2.45) is 0 Å². The molecule has 1 heterocycles. The molecule has 0 saturated heterocycles. The van der Waals surface area contributed by atoms with E-state index in [0.717, 1.165) is 26.5 Å². The smallest absolute Gasteiger partial charge is 0.134 e. The van der Waals surface area contributed by atoms with Crippen LogP contribution in [-0.4, -0.2) is 4.98 Å². The van der Waals surface area contributed by atoms with Gasteiger partial charge in [0.05, 0.1) is 10.5 Å². The van der Waals surface area contributed by atoms with Crippen LogP contribution in [0.5, 0.6) is 0 Å². The first kappa shape index (κ1) is 15.1. The quantitative estimate of drug-likeness (QED) is 0.444. The molecule has 0 bridgehead atoms. The highest BCUT2D eigenvalue weighted by atomic mass is 79.9. The fourth-order valence-corrected chi connectivity index (χ4v) is 3.64. The van der Waals surface area contributed by atoms with Crippen LogP contribution < -0.4 is 0 Å². The van der Waals surface area contributed by atoms with E-state index in [1.54, 1.807) is 0 Å². The van der Waals surface area contributed by atoms with Crippen molar-refractivity contribution in [2.45, 2.75) is 6.42 Å². The number of benzene rings is 2. The average Bonchev–Trinajstić information content (AvgIpc) is 2.45. The van der Waals surface area contributed by atoms with Gasteiger partial charge in [-0.05, 0) is 29.8 Å². The molecule has 0 saturated carbocycles. The Hall–Kier alpha value is -0.800. The van der Waals surface area contributed by atoms with E-state index >= 15 is 0 Å². The van der Waals surface area contributed by atoms with E-state index in [9.17, 15) is 0 Å². The van der Waals surface area contributed by atoms with Gasteiger partial charge in [-0.3, -0.25) is 0 Å². The van der Waals surface area contributed by atoms with Crippen LogP contribution in [0, 0.1) is 0 Å². The Bertz CT molecular complexity index is 816. The van der Waals surface area contributed by atoms with Gasteiger partial charge in [0.2, 0.25) is 0 Å². The molecule has 0 fully saturated rings. The lowest BCUT2D eigenvalue weighted by atomic mass is 10.0. The van der Waals surface area contributed by atoms with E-state index < -0.39 is 0 Å². The van der Waals surface area contributed by atoms with Crippen LogP contribution in [0.2, 0.25) is 15.2 Å². The van der Waals surface area contributed by atoms with Gasteiger partial charge < -0.3 is 0 Å². The molecule has 0 aliphatic carbocycles. The van der Waals surface area contributed by atoms with E-state index in [4.69, 9.17) is 34.8 Å². The molecule has 21 heavy (non-hydrogen) atoms.